The second kappa shape index (κ2) is 3.18. The Morgan fingerprint density at radius 3 is 2.71 bits per heavy atom. The summed E-state index contributed by atoms with van der Waals surface area (Å²) in [4.78, 5) is 0. The number of H-pyrrole nitrogens is 1. The molecule has 0 saturated heterocycles. The van der Waals surface area contributed by atoms with E-state index in [1.807, 2.05) is 12.1 Å². The average molecular weight is 187 g/mol. The summed E-state index contributed by atoms with van der Waals surface area (Å²) in [5.41, 5.74) is 10.2. The molecule has 0 saturated carbocycles. The van der Waals surface area contributed by atoms with Crippen LogP contribution in [0.2, 0.25) is 0 Å². The van der Waals surface area contributed by atoms with Gasteiger partial charge >= 0.3 is 0 Å². The third-order valence-electron chi connectivity index (χ3n) is 2.49. The first-order valence-electron chi connectivity index (χ1n) is 4.56. The maximum absolute atomic E-state index is 5.56. The molecule has 0 unspecified atom stereocenters. The molecule has 1 heterocycles. The Hall–Kier alpha value is -1.77. The van der Waals surface area contributed by atoms with Gasteiger partial charge in [-0.15, -0.1) is 0 Å². The number of anilines is 1. The number of nitrogens with zero attached hydrogens (tertiary/aromatic N) is 1. The number of nitrogens with one attached hydrogen (secondary N) is 1. The third kappa shape index (κ3) is 1.37. The van der Waals surface area contributed by atoms with E-state index in [1.165, 1.54) is 11.1 Å². The molecular weight excluding hydrogens is 174 g/mol. The van der Waals surface area contributed by atoms with Crippen LogP contribution in [-0.2, 0) is 0 Å². The number of nitrogens with two attached hydrogens (primary N) is 1. The van der Waals surface area contributed by atoms with E-state index >= 15 is 0 Å². The SMILES string of the molecule is Cc1cccc(-c2cc(N)n[nH]2)c1C. The molecule has 1 aromatic heterocycles. The molecule has 72 valence electrons. The number of hydrogen-bond acceptors (Lipinski definition) is 2. The zero-order chi connectivity index (χ0) is 10.1. The Morgan fingerprint density at radius 1 is 1.29 bits per heavy atom. The lowest BCUT2D eigenvalue weighted by Crippen LogP contribution is -1.86. The molecule has 0 aliphatic carbocycles. The topological polar surface area (TPSA) is 54.7 Å². The molecule has 2 rings (SSSR count). The summed E-state index contributed by atoms with van der Waals surface area (Å²) in [5, 5.41) is 6.83. The summed E-state index contributed by atoms with van der Waals surface area (Å²) >= 11 is 0. The smallest absolute Gasteiger partial charge is 0.145 e. The lowest BCUT2D eigenvalue weighted by atomic mass is 10.0. The van der Waals surface area contributed by atoms with Gasteiger partial charge in [0.2, 0.25) is 0 Å². The van der Waals surface area contributed by atoms with Crippen LogP contribution in [0.25, 0.3) is 11.3 Å². The van der Waals surface area contributed by atoms with Crippen LogP contribution in [0, 0.1) is 13.8 Å². The van der Waals surface area contributed by atoms with Gasteiger partial charge in [0, 0.05) is 11.6 Å². The molecule has 0 spiro atoms. The quantitative estimate of drug-likeness (QED) is 0.719. The highest BCUT2D eigenvalue weighted by Gasteiger charge is 2.05. The molecule has 0 radical (unpaired) electrons. The van der Waals surface area contributed by atoms with Gasteiger partial charge < -0.3 is 5.73 Å². The zero-order valence-corrected chi connectivity index (χ0v) is 8.33. The van der Waals surface area contributed by atoms with E-state index in [0.717, 1.165) is 11.3 Å². The molecular formula is C11H13N3. The standard InChI is InChI=1S/C11H13N3/c1-7-4-3-5-9(8(7)2)10-6-11(12)14-13-10/h3-6H,1-2H3,(H3,12,13,14). The van der Waals surface area contributed by atoms with Crippen LogP contribution in [-0.4, -0.2) is 10.2 Å². The highest BCUT2D eigenvalue weighted by atomic mass is 15.2. The second-order valence-corrected chi connectivity index (χ2v) is 3.45. The van der Waals surface area contributed by atoms with Crippen molar-refractivity contribution in [2.75, 3.05) is 5.73 Å². The van der Waals surface area contributed by atoms with Gasteiger partial charge in [0.25, 0.3) is 0 Å². The Kier molecular flexibility index (Phi) is 2.00. The molecule has 0 aliphatic rings. The number of aromatic nitrogens is 2. The number of hydrogen-bond donors (Lipinski definition) is 2. The number of benzene rings is 1. The molecule has 3 nitrogen and oxygen atoms in total. The van der Waals surface area contributed by atoms with Crippen molar-refractivity contribution in [1.82, 2.24) is 10.2 Å². The molecule has 14 heavy (non-hydrogen) atoms. The van der Waals surface area contributed by atoms with E-state index in [2.05, 4.69) is 36.2 Å². The lowest BCUT2D eigenvalue weighted by molar-refractivity contribution is 1.10. The maximum atomic E-state index is 5.56. The van der Waals surface area contributed by atoms with Crippen LogP contribution in [0.15, 0.2) is 24.3 Å². The molecule has 0 amide bonds. The first kappa shape index (κ1) is 8.81. The van der Waals surface area contributed by atoms with Crippen LogP contribution in [0.1, 0.15) is 11.1 Å². The van der Waals surface area contributed by atoms with E-state index in [9.17, 15) is 0 Å². The van der Waals surface area contributed by atoms with Gasteiger partial charge in [0.15, 0.2) is 0 Å². The zero-order valence-electron chi connectivity index (χ0n) is 8.33. The second-order valence-electron chi connectivity index (χ2n) is 3.45. The lowest BCUT2D eigenvalue weighted by Gasteiger charge is -2.05. The fourth-order valence-corrected chi connectivity index (χ4v) is 1.52. The Morgan fingerprint density at radius 2 is 2.07 bits per heavy atom. The molecule has 0 fully saturated rings. The van der Waals surface area contributed by atoms with Gasteiger partial charge in [0.05, 0.1) is 5.69 Å². The van der Waals surface area contributed by atoms with Crippen LogP contribution in [0.5, 0.6) is 0 Å². The minimum absolute atomic E-state index is 0.529. The third-order valence-corrected chi connectivity index (χ3v) is 2.49. The normalized spacial score (nSPS) is 10.4. The minimum Gasteiger partial charge on any atom is -0.382 e. The van der Waals surface area contributed by atoms with Crippen molar-refractivity contribution in [3.63, 3.8) is 0 Å². The average Bonchev–Trinajstić information content (AvgIpc) is 2.57. The Bertz CT molecular complexity index is 457. The van der Waals surface area contributed by atoms with Crippen molar-refractivity contribution in [3.8, 4) is 11.3 Å². The van der Waals surface area contributed by atoms with Crippen molar-refractivity contribution >= 4 is 5.82 Å². The summed E-state index contributed by atoms with van der Waals surface area (Å²) in [6, 6.07) is 8.05. The number of aryl methyl sites for hydroxylation is 1. The molecule has 2 aromatic rings. The van der Waals surface area contributed by atoms with Gasteiger partial charge in [-0.3, -0.25) is 5.10 Å². The van der Waals surface area contributed by atoms with Gasteiger partial charge in [-0.2, -0.15) is 5.10 Å². The number of nitrogen functional groups attached to an aromatic ring is 1. The van der Waals surface area contributed by atoms with E-state index < -0.39 is 0 Å². The maximum Gasteiger partial charge on any atom is 0.145 e. The van der Waals surface area contributed by atoms with Crippen molar-refractivity contribution in [1.29, 1.82) is 0 Å². The number of aromatic amines is 1. The fourth-order valence-electron chi connectivity index (χ4n) is 1.52. The minimum atomic E-state index is 0.529. The van der Waals surface area contributed by atoms with Gasteiger partial charge in [-0.25, -0.2) is 0 Å². The van der Waals surface area contributed by atoms with Crippen LogP contribution < -0.4 is 5.73 Å². The van der Waals surface area contributed by atoms with Crippen molar-refractivity contribution in [2.24, 2.45) is 0 Å². The Balaban J connectivity index is 2.57. The van der Waals surface area contributed by atoms with Gasteiger partial charge in [0.1, 0.15) is 5.82 Å². The van der Waals surface area contributed by atoms with E-state index in [-0.39, 0.29) is 0 Å². The highest BCUT2D eigenvalue weighted by Crippen LogP contribution is 2.24. The first-order chi connectivity index (χ1) is 6.68. The number of rotatable bonds is 1. The largest absolute Gasteiger partial charge is 0.382 e. The van der Waals surface area contributed by atoms with E-state index in [1.54, 1.807) is 0 Å². The van der Waals surface area contributed by atoms with Crippen molar-refractivity contribution < 1.29 is 0 Å². The van der Waals surface area contributed by atoms with Crippen LogP contribution in [0.3, 0.4) is 0 Å². The summed E-state index contributed by atoms with van der Waals surface area (Å²) < 4.78 is 0. The monoisotopic (exact) mass is 187 g/mol. The molecule has 0 bridgehead atoms. The van der Waals surface area contributed by atoms with E-state index in [4.69, 9.17) is 5.73 Å². The van der Waals surface area contributed by atoms with Gasteiger partial charge in [-0.05, 0) is 25.0 Å². The molecule has 3 N–H and O–H groups in total. The molecule has 0 atom stereocenters. The molecule has 0 aliphatic heterocycles. The fraction of sp³-hybridized carbons (Fsp3) is 0.182. The summed E-state index contributed by atoms with van der Waals surface area (Å²) in [7, 11) is 0. The predicted molar refractivity (Wildman–Crippen MR) is 57.9 cm³/mol. The summed E-state index contributed by atoms with van der Waals surface area (Å²) in [5.74, 6) is 0.529. The predicted octanol–water partition coefficient (Wildman–Crippen LogP) is 2.28. The molecule has 1 aromatic carbocycles. The summed E-state index contributed by atoms with van der Waals surface area (Å²) in [6.45, 7) is 4.19. The first-order valence-corrected chi connectivity index (χ1v) is 4.56. The van der Waals surface area contributed by atoms with Crippen LogP contribution >= 0.6 is 0 Å². The van der Waals surface area contributed by atoms with Crippen LogP contribution in [0.4, 0.5) is 5.82 Å². The van der Waals surface area contributed by atoms with Gasteiger partial charge in [-0.1, -0.05) is 18.2 Å². The molecule has 3 heteroatoms. The van der Waals surface area contributed by atoms with E-state index in [0.29, 0.717) is 5.82 Å². The van der Waals surface area contributed by atoms with Crippen molar-refractivity contribution in [3.05, 3.63) is 35.4 Å². The highest BCUT2D eigenvalue weighted by molar-refractivity contribution is 5.66. The Labute approximate surface area is 83.0 Å². The summed E-state index contributed by atoms with van der Waals surface area (Å²) in [6.07, 6.45) is 0. The van der Waals surface area contributed by atoms with Crippen molar-refractivity contribution in [2.45, 2.75) is 13.8 Å².